The van der Waals surface area contributed by atoms with Gasteiger partial charge in [0.05, 0.1) is 5.56 Å². The molecule has 0 aromatic heterocycles. The average molecular weight is 569 g/mol. The highest BCUT2D eigenvalue weighted by atomic mass is 16.5. The summed E-state index contributed by atoms with van der Waals surface area (Å²) in [5.74, 6) is 1.09. The summed E-state index contributed by atoms with van der Waals surface area (Å²) in [5, 5.41) is 23.0. The van der Waals surface area contributed by atoms with Crippen LogP contribution >= 0.6 is 0 Å². The van der Waals surface area contributed by atoms with Gasteiger partial charge in [-0.3, -0.25) is 0 Å². The number of ether oxygens (including phenoxy) is 2. The molecule has 0 heterocycles. The van der Waals surface area contributed by atoms with Crippen molar-refractivity contribution >= 4 is 5.97 Å². The third kappa shape index (κ3) is 5.88. The number of benzene rings is 5. The molecule has 0 saturated heterocycles. The molecule has 0 aliphatic heterocycles. The Morgan fingerprint density at radius 1 is 0.581 bits per heavy atom. The molecule has 214 valence electrons. The van der Waals surface area contributed by atoms with Crippen LogP contribution in [0.1, 0.15) is 54.9 Å². The first kappa shape index (κ1) is 27.9. The number of hydrogen-bond donors (Lipinski definition) is 2. The molecule has 6 rings (SSSR count). The molecule has 0 amide bonds. The van der Waals surface area contributed by atoms with E-state index in [4.69, 9.17) is 9.47 Å². The first-order chi connectivity index (χ1) is 21.0. The number of phenolic OH excluding ortho intramolecular Hbond substituents is 2. The lowest BCUT2D eigenvalue weighted by Gasteiger charge is -2.20. The van der Waals surface area contributed by atoms with Gasteiger partial charge < -0.3 is 19.7 Å². The molecule has 0 unspecified atom stereocenters. The van der Waals surface area contributed by atoms with Crippen LogP contribution < -0.4 is 9.47 Å². The van der Waals surface area contributed by atoms with Crippen LogP contribution in [0.5, 0.6) is 23.0 Å². The van der Waals surface area contributed by atoms with E-state index in [1.54, 1.807) is 30.3 Å². The zero-order valence-electron chi connectivity index (χ0n) is 23.8. The van der Waals surface area contributed by atoms with Gasteiger partial charge in [-0.2, -0.15) is 0 Å². The van der Waals surface area contributed by atoms with E-state index in [9.17, 15) is 15.0 Å². The molecule has 0 atom stereocenters. The van der Waals surface area contributed by atoms with Gasteiger partial charge in [0.1, 0.15) is 29.6 Å². The molecule has 0 saturated carbocycles. The van der Waals surface area contributed by atoms with Crippen molar-refractivity contribution in [2.24, 2.45) is 0 Å². The van der Waals surface area contributed by atoms with Crippen LogP contribution in [-0.4, -0.2) is 22.8 Å². The summed E-state index contributed by atoms with van der Waals surface area (Å²) in [6, 6.07) is 32.1. The van der Waals surface area contributed by atoms with Crippen molar-refractivity contribution in [2.75, 3.05) is 6.61 Å². The molecule has 5 aromatic carbocycles. The van der Waals surface area contributed by atoms with E-state index >= 15 is 0 Å². The van der Waals surface area contributed by atoms with Crippen LogP contribution in [0.25, 0.3) is 0 Å². The second-order valence-electron chi connectivity index (χ2n) is 10.7. The van der Waals surface area contributed by atoms with E-state index in [1.165, 1.54) is 0 Å². The predicted octanol–water partition coefficient (Wildman–Crippen LogP) is 7.56. The summed E-state index contributed by atoms with van der Waals surface area (Å²) in [7, 11) is 0. The Hall–Kier alpha value is -5.29. The lowest BCUT2D eigenvalue weighted by atomic mass is 9.91. The van der Waals surface area contributed by atoms with Crippen LogP contribution in [0.4, 0.5) is 0 Å². The number of fused-ring (bicyclic) bond motifs is 8. The molecule has 0 fully saturated rings. The van der Waals surface area contributed by atoms with Gasteiger partial charge in [0.25, 0.3) is 0 Å². The van der Waals surface area contributed by atoms with E-state index in [-0.39, 0.29) is 11.5 Å². The molecule has 5 heteroatoms. The summed E-state index contributed by atoms with van der Waals surface area (Å²) in [5.41, 5.74) is 6.76. The molecule has 0 spiro atoms. The zero-order chi connectivity index (χ0) is 29.8. The minimum atomic E-state index is -0.467. The molecular weight excluding hydrogens is 536 g/mol. The van der Waals surface area contributed by atoms with Crippen LogP contribution in [0.3, 0.4) is 0 Å². The lowest BCUT2D eigenvalue weighted by Crippen LogP contribution is -2.12. The van der Waals surface area contributed by atoms with Crippen molar-refractivity contribution < 1.29 is 24.5 Å². The minimum Gasteiger partial charge on any atom is -0.507 e. The third-order valence-electron chi connectivity index (χ3n) is 7.84. The maximum Gasteiger partial charge on any atom is 0.343 e. The second-order valence-corrected chi connectivity index (χ2v) is 10.7. The van der Waals surface area contributed by atoms with Crippen LogP contribution in [0.2, 0.25) is 0 Å². The number of para-hydroxylation sites is 4. The molecule has 8 bridgehead atoms. The number of rotatable bonds is 5. The van der Waals surface area contributed by atoms with Crippen molar-refractivity contribution in [1.82, 2.24) is 0 Å². The summed E-state index contributed by atoms with van der Waals surface area (Å²) in [6.45, 7) is 4.14. The molecule has 2 N–H and O–H groups in total. The summed E-state index contributed by atoms with van der Waals surface area (Å²) < 4.78 is 12.3. The van der Waals surface area contributed by atoms with Gasteiger partial charge in [-0.05, 0) is 56.6 Å². The standard InChI is InChI=1S/C38H32O5/c1-2-20-42-36-30-16-8-17-31(36)22-27-13-7-15-29(35(27)40)24-33-19-9-18-32(23-28-14-6-12-26(21-30)34(28)39)37(33)43-38(41)25-10-4-3-5-11-25/h2-19,39-40H,1,20-24H2. The Morgan fingerprint density at radius 3 is 1.40 bits per heavy atom. The van der Waals surface area contributed by atoms with E-state index in [2.05, 4.69) is 6.58 Å². The Balaban J connectivity index is 1.52. The highest BCUT2D eigenvalue weighted by Crippen LogP contribution is 2.38. The monoisotopic (exact) mass is 568 g/mol. The molecular formula is C38H32O5. The third-order valence-corrected chi connectivity index (χ3v) is 7.84. The van der Waals surface area contributed by atoms with E-state index in [1.807, 2.05) is 78.9 Å². The number of hydrogen-bond acceptors (Lipinski definition) is 5. The Kier molecular flexibility index (Phi) is 7.96. The summed E-state index contributed by atoms with van der Waals surface area (Å²) >= 11 is 0. The van der Waals surface area contributed by atoms with E-state index in [0.717, 1.165) is 39.1 Å². The van der Waals surface area contributed by atoms with Crippen LogP contribution in [0, 0.1) is 0 Å². The molecule has 5 aromatic rings. The van der Waals surface area contributed by atoms with Gasteiger partial charge in [0.15, 0.2) is 0 Å². The predicted molar refractivity (Wildman–Crippen MR) is 167 cm³/mol. The van der Waals surface area contributed by atoms with E-state index < -0.39 is 5.97 Å². The Labute approximate surface area is 251 Å². The van der Waals surface area contributed by atoms with E-state index in [0.29, 0.717) is 54.7 Å². The number of aromatic hydroxyl groups is 2. The number of phenols is 2. The van der Waals surface area contributed by atoms with Crippen molar-refractivity contribution in [3.05, 3.63) is 166 Å². The number of carbonyl (C=O) groups excluding carboxylic acids is 1. The topological polar surface area (TPSA) is 76.0 Å². The van der Waals surface area contributed by atoms with Crippen molar-refractivity contribution in [2.45, 2.75) is 25.7 Å². The van der Waals surface area contributed by atoms with Gasteiger partial charge >= 0.3 is 5.97 Å². The zero-order valence-corrected chi connectivity index (χ0v) is 23.8. The summed E-state index contributed by atoms with van der Waals surface area (Å²) in [4.78, 5) is 13.3. The van der Waals surface area contributed by atoms with Gasteiger partial charge in [-0.1, -0.05) is 104 Å². The smallest absolute Gasteiger partial charge is 0.343 e. The molecule has 0 radical (unpaired) electrons. The second kappa shape index (κ2) is 12.3. The van der Waals surface area contributed by atoms with Crippen LogP contribution in [-0.2, 0) is 25.7 Å². The SMILES string of the molecule is C=CCOc1c2cccc1Cc1cccc(c1O)Cc1cccc(c1OC(=O)c1ccccc1)Cc1cccc(c1O)C2. The highest BCUT2D eigenvalue weighted by Gasteiger charge is 2.21. The van der Waals surface area contributed by atoms with Gasteiger partial charge in [0, 0.05) is 25.7 Å². The quantitative estimate of drug-likeness (QED) is 0.128. The van der Waals surface area contributed by atoms with Gasteiger partial charge in [0.2, 0.25) is 0 Å². The fraction of sp³-hybridized carbons (Fsp3) is 0.132. The molecule has 43 heavy (non-hydrogen) atoms. The first-order valence-electron chi connectivity index (χ1n) is 14.3. The maximum absolute atomic E-state index is 13.3. The average Bonchev–Trinajstić information content (AvgIpc) is 3.02. The largest absolute Gasteiger partial charge is 0.507 e. The number of esters is 1. The fourth-order valence-electron chi connectivity index (χ4n) is 5.70. The normalized spacial score (nSPS) is 12.3. The highest BCUT2D eigenvalue weighted by molar-refractivity contribution is 5.91. The molecule has 5 nitrogen and oxygen atoms in total. The van der Waals surface area contributed by atoms with Crippen molar-refractivity contribution in [3.8, 4) is 23.0 Å². The summed E-state index contributed by atoms with van der Waals surface area (Å²) in [6.07, 6.45) is 3.29. The fourth-order valence-corrected chi connectivity index (χ4v) is 5.70. The Morgan fingerprint density at radius 2 is 0.977 bits per heavy atom. The first-order valence-corrected chi connectivity index (χ1v) is 14.3. The van der Waals surface area contributed by atoms with Gasteiger partial charge in [-0.15, -0.1) is 0 Å². The molecule has 1 aliphatic rings. The minimum absolute atomic E-state index is 0.197. The number of carbonyl (C=O) groups is 1. The van der Waals surface area contributed by atoms with Crippen molar-refractivity contribution in [1.29, 1.82) is 0 Å². The lowest BCUT2D eigenvalue weighted by molar-refractivity contribution is 0.0731. The van der Waals surface area contributed by atoms with Crippen LogP contribution in [0.15, 0.2) is 116 Å². The van der Waals surface area contributed by atoms with Crippen molar-refractivity contribution in [3.63, 3.8) is 0 Å². The molecule has 1 aliphatic carbocycles. The Bertz CT molecular complexity index is 1710. The van der Waals surface area contributed by atoms with Gasteiger partial charge in [-0.25, -0.2) is 4.79 Å². The maximum atomic E-state index is 13.3.